The van der Waals surface area contributed by atoms with Crippen molar-refractivity contribution in [3.8, 4) is 22.9 Å². The number of carbonyl (C=O) groups excluding carboxylic acids is 2. The number of benzene rings is 2. The average Bonchev–Trinajstić information content (AvgIpc) is 3.33. The van der Waals surface area contributed by atoms with Crippen LogP contribution in [0.2, 0.25) is 0 Å². The van der Waals surface area contributed by atoms with Gasteiger partial charge in [-0.15, -0.1) is 0 Å². The molecule has 2 aromatic carbocycles. The first-order valence-electron chi connectivity index (χ1n) is 12.6. The number of carbonyl (C=O) groups is 2. The maximum absolute atomic E-state index is 13.0. The van der Waals surface area contributed by atoms with Crippen LogP contribution in [0.5, 0.6) is 11.5 Å². The van der Waals surface area contributed by atoms with Gasteiger partial charge in [0.2, 0.25) is 5.91 Å². The summed E-state index contributed by atoms with van der Waals surface area (Å²) < 4.78 is 45.0. The molecule has 0 aliphatic carbocycles. The van der Waals surface area contributed by atoms with E-state index in [-0.39, 0.29) is 23.2 Å². The third kappa shape index (κ3) is 6.05. The Morgan fingerprint density at radius 2 is 1.79 bits per heavy atom. The van der Waals surface area contributed by atoms with Gasteiger partial charge >= 0.3 is 6.18 Å². The van der Waals surface area contributed by atoms with Gasteiger partial charge in [0.05, 0.1) is 11.3 Å². The second kappa shape index (κ2) is 10.8. The fourth-order valence-electron chi connectivity index (χ4n) is 4.65. The maximum Gasteiger partial charge on any atom is 0.416 e. The van der Waals surface area contributed by atoms with Gasteiger partial charge in [-0.1, -0.05) is 0 Å². The molecule has 3 heterocycles. The third-order valence-corrected chi connectivity index (χ3v) is 6.67. The predicted molar refractivity (Wildman–Crippen MR) is 139 cm³/mol. The highest BCUT2D eigenvalue weighted by Gasteiger charge is 2.30. The largest absolute Gasteiger partial charge is 0.455 e. The molecule has 2 saturated heterocycles. The molecule has 2 aliphatic heterocycles. The van der Waals surface area contributed by atoms with Crippen molar-refractivity contribution in [2.75, 3.05) is 29.9 Å². The minimum absolute atomic E-state index is 0.00879. The van der Waals surface area contributed by atoms with Crippen LogP contribution in [0.1, 0.15) is 41.7 Å². The molecule has 5 rings (SSSR count). The van der Waals surface area contributed by atoms with Crippen LogP contribution in [0.25, 0.3) is 11.4 Å². The van der Waals surface area contributed by atoms with Crippen molar-refractivity contribution in [2.24, 2.45) is 5.73 Å². The Morgan fingerprint density at radius 1 is 1.05 bits per heavy atom. The van der Waals surface area contributed by atoms with Gasteiger partial charge < -0.3 is 26.0 Å². The molecule has 2 fully saturated rings. The quantitative estimate of drug-likeness (QED) is 0.407. The van der Waals surface area contributed by atoms with Crippen LogP contribution in [0.4, 0.5) is 24.7 Å². The van der Waals surface area contributed by atoms with Crippen LogP contribution in [-0.4, -0.2) is 47.5 Å². The van der Waals surface area contributed by atoms with E-state index in [0.29, 0.717) is 30.1 Å². The first kappa shape index (κ1) is 26.3. The number of nitrogens with one attached hydrogen (secondary N) is 2. The van der Waals surface area contributed by atoms with Gasteiger partial charge in [-0.2, -0.15) is 13.2 Å². The molecule has 4 N–H and O–H groups in total. The zero-order valence-electron chi connectivity index (χ0n) is 20.9. The lowest BCUT2D eigenvalue weighted by molar-refractivity contribution is -0.137. The van der Waals surface area contributed by atoms with E-state index in [1.807, 2.05) is 6.07 Å². The molecule has 9 nitrogen and oxygen atoms in total. The highest BCUT2D eigenvalue weighted by Crippen LogP contribution is 2.38. The Labute approximate surface area is 222 Å². The molecule has 1 aromatic heterocycles. The van der Waals surface area contributed by atoms with Gasteiger partial charge in [0.25, 0.3) is 5.91 Å². The first-order chi connectivity index (χ1) is 18.7. The molecule has 0 spiro atoms. The summed E-state index contributed by atoms with van der Waals surface area (Å²) >= 11 is 0. The smallest absolute Gasteiger partial charge is 0.416 e. The van der Waals surface area contributed by atoms with Crippen molar-refractivity contribution in [3.05, 3.63) is 59.8 Å². The fourth-order valence-corrected chi connectivity index (χ4v) is 4.65. The third-order valence-electron chi connectivity index (χ3n) is 6.67. The van der Waals surface area contributed by atoms with E-state index in [9.17, 15) is 22.8 Å². The highest BCUT2D eigenvalue weighted by atomic mass is 19.4. The van der Waals surface area contributed by atoms with Crippen LogP contribution < -0.4 is 26.0 Å². The van der Waals surface area contributed by atoms with Crippen molar-refractivity contribution in [1.82, 2.24) is 15.3 Å². The second-order valence-electron chi connectivity index (χ2n) is 9.46. The van der Waals surface area contributed by atoms with E-state index >= 15 is 0 Å². The number of hydrogen-bond donors (Lipinski definition) is 3. The van der Waals surface area contributed by atoms with Gasteiger partial charge in [0.15, 0.2) is 11.6 Å². The maximum atomic E-state index is 13.0. The van der Waals surface area contributed by atoms with Crippen LogP contribution in [0.15, 0.2) is 48.5 Å². The molecule has 1 unspecified atom stereocenters. The Hall–Kier alpha value is -4.35. The van der Waals surface area contributed by atoms with Crippen LogP contribution in [0, 0.1) is 0 Å². The van der Waals surface area contributed by atoms with E-state index in [2.05, 4.69) is 25.5 Å². The molecule has 1 atom stereocenters. The van der Waals surface area contributed by atoms with E-state index in [0.717, 1.165) is 50.2 Å². The number of alkyl halides is 3. The topological polar surface area (TPSA) is 122 Å². The van der Waals surface area contributed by atoms with E-state index in [4.69, 9.17) is 10.5 Å². The molecule has 12 heteroatoms. The summed E-state index contributed by atoms with van der Waals surface area (Å²) in [6.45, 7) is 2.09. The second-order valence-corrected chi connectivity index (χ2v) is 9.46. The Bertz CT molecular complexity index is 1370. The van der Waals surface area contributed by atoms with Crippen molar-refractivity contribution in [2.45, 2.75) is 37.9 Å². The number of nitrogens with zero attached hydrogens (tertiary/aromatic N) is 3. The molecule has 204 valence electrons. The van der Waals surface area contributed by atoms with E-state index in [1.165, 1.54) is 18.2 Å². The van der Waals surface area contributed by atoms with Crippen molar-refractivity contribution in [3.63, 3.8) is 0 Å². The number of primary amides is 1. The normalized spacial score (nSPS) is 17.6. The molecule has 39 heavy (non-hydrogen) atoms. The minimum atomic E-state index is -4.44. The monoisotopic (exact) mass is 540 g/mol. The molecule has 0 saturated carbocycles. The molecular formula is C27H27F3N6O3. The van der Waals surface area contributed by atoms with Crippen LogP contribution in [0.3, 0.4) is 0 Å². The SMILES string of the molecule is NC(=O)c1cc(NC2CCNC2=O)nc(-c2ccc(Oc3ccc(C(F)(F)F)cc3)c(N3CCCCC3)c2)n1. The van der Waals surface area contributed by atoms with Crippen molar-refractivity contribution in [1.29, 1.82) is 0 Å². The molecule has 2 aliphatic rings. The fraction of sp³-hybridized carbons (Fsp3) is 0.333. The van der Waals surface area contributed by atoms with Crippen molar-refractivity contribution < 1.29 is 27.5 Å². The number of hydrogen-bond acceptors (Lipinski definition) is 7. The minimum Gasteiger partial charge on any atom is -0.455 e. The molecule has 3 aromatic rings. The molecule has 0 radical (unpaired) electrons. The zero-order chi connectivity index (χ0) is 27.6. The Balaban J connectivity index is 1.50. The lowest BCUT2D eigenvalue weighted by Gasteiger charge is -2.30. The number of rotatable bonds is 7. The predicted octanol–water partition coefficient (Wildman–Crippen LogP) is 4.34. The van der Waals surface area contributed by atoms with Crippen LogP contribution in [-0.2, 0) is 11.0 Å². The zero-order valence-corrected chi connectivity index (χ0v) is 20.9. The lowest BCUT2D eigenvalue weighted by atomic mass is 10.1. The first-order valence-corrected chi connectivity index (χ1v) is 12.6. The number of ether oxygens (including phenoxy) is 1. The summed E-state index contributed by atoms with van der Waals surface area (Å²) in [4.78, 5) is 35.1. The number of halogens is 3. The van der Waals surface area contributed by atoms with Crippen molar-refractivity contribution >= 4 is 23.3 Å². The number of nitrogens with two attached hydrogens (primary N) is 1. The summed E-state index contributed by atoms with van der Waals surface area (Å²) in [7, 11) is 0. The lowest BCUT2D eigenvalue weighted by Crippen LogP contribution is -2.30. The number of piperidine rings is 1. The molecule has 0 bridgehead atoms. The summed E-state index contributed by atoms with van der Waals surface area (Å²) in [6.07, 6.45) is -0.809. The highest BCUT2D eigenvalue weighted by molar-refractivity contribution is 5.92. The number of amides is 2. The average molecular weight is 541 g/mol. The summed E-state index contributed by atoms with van der Waals surface area (Å²) in [5.74, 6) is 0.353. The summed E-state index contributed by atoms with van der Waals surface area (Å²) in [5, 5.41) is 5.79. The van der Waals surface area contributed by atoms with Crippen LogP contribution >= 0.6 is 0 Å². The van der Waals surface area contributed by atoms with Gasteiger partial charge in [-0.05, 0) is 68.1 Å². The molecular weight excluding hydrogens is 513 g/mol. The number of aromatic nitrogens is 2. The standard InChI is InChI=1S/C27H27F3N6O3/c28-27(29,30)17-5-7-18(8-6-17)39-22-9-4-16(14-21(22)36-12-2-1-3-13-36)25-34-20(24(31)37)15-23(35-25)33-19-10-11-32-26(19)38/h4-9,14-15,19H,1-3,10-13H2,(H2,31,37)(H,32,38)(H,33,34,35). The van der Waals surface area contributed by atoms with Gasteiger partial charge in [-0.25, -0.2) is 9.97 Å². The number of anilines is 2. The summed E-state index contributed by atoms with van der Waals surface area (Å²) in [5.41, 5.74) is 6.07. The van der Waals surface area contributed by atoms with Gasteiger partial charge in [0, 0.05) is 31.3 Å². The Kier molecular flexibility index (Phi) is 7.27. The van der Waals surface area contributed by atoms with E-state index < -0.39 is 23.7 Å². The Morgan fingerprint density at radius 3 is 2.44 bits per heavy atom. The van der Waals surface area contributed by atoms with Gasteiger partial charge in [-0.3, -0.25) is 9.59 Å². The summed E-state index contributed by atoms with van der Waals surface area (Å²) in [6, 6.07) is 10.7. The van der Waals surface area contributed by atoms with Gasteiger partial charge in [0.1, 0.15) is 23.3 Å². The molecule has 2 amide bonds. The van der Waals surface area contributed by atoms with E-state index in [1.54, 1.807) is 12.1 Å².